The van der Waals surface area contributed by atoms with Gasteiger partial charge in [-0.15, -0.1) is 0 Å². The maximum Gasteiger partial charge on any atom is 0.186 e. The van der Waals surface area contributed by atoms with Crippen molar-refractivity contribution in [2.45, 2.75) is 38.4 Å². The fourth-order valence-corrected chi connectivity index (χ4v) is 4.68. The third kappa shape index (κ3) is 6.25. The van der Waals surface area contributed by atoms with E-state index in [0.717, 1.165) is 16.8 Å². The Kier molecular flexibility index (Phi) is 8.98. The number of carbonyl (C=O) groups excluding carboxylic acids is 1. The van der Waals surface area contributed by atoms with E-state index in [2.05, 4.69) is 16.7 Å². The van der Waals surface area contributed by atoms with Crippen molar-refractivity contribution in [3.8, 4) is 6.07 Å². The van der Waals surface area contributed by atoms with Crippen LogP contribution in [0.15, 0.2) is 72.8 Å². The molecule has 0 spiro atoms. The quantitative estimate of drug-likeness (QED) is 0.414. The SMILES string of the molecule is CC(OCc1ccc(Cl)c(Cl)c1)C(=O)C1C(NCc2ccccc2)NCCN1c1ccccc1C#N. The summed E-state index contributed by atoms with van der Waals surface area (Å²) in [6, 6.07) is 24.4. The van der Waals surface area contributed by atoms with Gasteiger partial charge in [0.25, 0.3) is 0 Å². The number of para-hydroxylation sites is 1. The van der Waals surface area contributed by atoms with Gasteiger partial charge in [-0.05, 0) is 42.3 Å². The van der Waals surface area contributed by atoms with Crippen molar-refractivity contribution in [1.29, 1.82) is 5.26 Å². The van der Waals surface area contributed by atoms with E-state index in [1.165, 1.54) is 0 Å². The topological polar surface area (TPSA) is 77.4 Å². The molecule has 36 heavy (non-hydrogen) atoms. The Labute approximate surface area is 221 Å². The van der Waals surface area contributed by atoms with Crippen LogP contribution in [0.1, 0.15) is 23.6 Å². The zero-order chi connectivity index (χ0) is 25.5. The Morgan fingerprint density at radius 1 is 1.11 bits per heavy atom. The second-order valence-corrected chi connectivity index (χ2v) is 9.48. The normalized spacial score (nSPS) is 18.4. The molecular weight excluding hydrogens is 495 g/mol. The summed E-state index contributed by atoms with van der Waals surface area (Å²) in [7, 11) is 0. The van der Waals surface area contributed by atoms with Gasteiger partial charge in [-0.3, -0.25) is 15.4 Å². The van der Waals surface area contributed by atoms with Crippen LogP contribution in [0.4, 0.5) is 5.69 Å². The monoisotopic (exact) mass is 522 g/mol. The van der Waals surface area contributed by atoms with Gasteiger partial charge in [0, 0.05) is 19.6 Å². The number of benzene rings is 3. The summed E-state index contributed by atoms with van der Waals surface area (Å²) in [5.41, 5.74) is 3.21. The van der Waals surface area contributed by atoms with Crippen LogP contribution in [0.2, 0.25) is 10.0 Å². The molecule has 0 aliphatic carbocycles. The number of Topliss-reactive ketones (excluding diaryl/α,β-unsaturated/α-hetero) is 1. The number of anilines is 1. The molecule has 3 aromatic rings. The minimum atomic E-state index is -0.692. The van der Waals surface area contributed by atoms with Crippen molar-refractivity contribution in [2.24, 2.45) is 0 Å². The Morgan fingerprint density at radius 2 is 1.86 bits per heavy atom. The number of nitrogens with zero attached hydrogens (tertiary/aromatic N) is 2. The first-order chi connectivity index (χ1) is 17.5. The van der Waals surface area contributed by atoms with Crippen LogP contribution < -0.4 is 15.5 Å². The Morgan fingerprint density at radius 3 is 2.61 bits per heavy atom. The number of rotatable bonds is 9. The predicted molar refractivity (Wildman–Crippen MR) is 143 cm³/mol. The molecular formula is C28H28Cl2N4O2. The molecule has 1 saturated heterocycles. The third-order valence-corrected chi connectivity index (χ3v) is 6.99. The first-order valence-electron chi connectivity index (χ1n) is 11.8. The molecule has 3 aromatic carbocycles. The molecule has 3 atom stereocenters. The van der Waals surface area contributed by atoms with Gasteiger partial charge in [-0.1, -0.05) is 71.7 Å². The highest BCUT2D eigenvalue weighted by molar-refractivity contribution is 6.42. The van der Waals surface area contributed by atoms with Crippen LogP contribution in [0.25, 0.3) is 0 Å². The van der Waals surface area contributed by atoms with Crippen LogP contribution >= 0.6 is 23.2 Å². The fourth-order valence-electron chi connectivity index (χ4n) is 4.36. The van der Waals surface area contributed by atoms with Gasteiger partial charge >= 0.3 is 0 Å². The molecule has 2 N–H and O–H groups in total. The van der Waals surface area contributed by atoms with Crippen LogP contribution in [0, 0.1) is 11.3 Å². The molecule has 0 saturated carbocycles. The van der Waals surface area contributed by atoms with E-state index in [9.17, 15) is 10.1 Å². The van der Waals surface area contributed by atoms with E-state index in [1.807, 2.05) is 59.5 Å². The second kappa shape index (κ2) is 12.4. The van der Waals surface area contributed by atoms with E-state index in [-0.39, 0.29) is 18.6 Å². The molecule has 0 bridgehead atoms. The predicted octanol–water partition coefficient (Wildman–Crippen LogP) is 4.93. The lowest BCUT2D eigenvalue weighted by atomic mass is 9.98. The van der Waals surface area contributed by atoms with Gasteiger partial charge in [-0.2, -0.15) is 5.26 Å². The Hall–Kier alpha value is -2.92. The standard InChI is InChI=1S/C28H28Cl2N4O2/c1-19(36-18-21-11-12-23(29)24(30)15-21)27(35)26-28(33-17-20-7-3-2-4-8-20)32-13-14-34(26)25-10-6-5-9-22(25)16-31/h2-12,15,19,26,28,32-33H,13-14,17-18H2,1H3. The molecule has 1 fully saturated rings. The number of ether oxygens (including phenoxy) is 1. The van der Waals surface area contributed by atoms with Crippen molar-refractivity contribution >= 4 is 34.7 Å². The fraction of sp³-hybridized carbons (Fsp3) is 0.286. The van der Waals surface area contributed by atoms with Gasteiger partial charge in [0.2, 0.25) is 0 Å². The number of ketones is 1. The van der Waals surface area contributed by atoms with Crippen LogP contribution in [-0.4, -0.2) is 37.2 Å². The number of hydrogen-bond donors (Lipinski definition) is 2. The average molecular weight is 523 g/mol. The van der Waals surface area contributed by atoms with Crippen LogP contribution in [-0.2, 0) is 22.7 Å². The molecule has 3 unspecified atom stereocenters. The molecule has 186 valence electrons. The van der Waals surface area contributed by atoms with E-state index < -0.39 is 12.1 Å². The number of nitrogens with one attached hydrogen (secondary N) is 2. The molecule has 6 nitrogen and oxygen atoms in total. The summed E-state index contributed by atoms with van der Waals surface area (Å²) < 4.78 is 5.99. The summed E-state index contributed by atoms with van der Waals surface area (Å²) in [6.45, 7) is 3.82. The van der Waals surface area contributed by atoms with Crippen LogP contribution in [0.3, 0.4) is 0 Å². The average Bonchev–Trinajstić information content (AvgIpc) is 2.92. The van der Waals surface area contributed by atoms with Gasteiger partial charge in [-0.25, -0.2) is 0 Å². The lowest BCUT2D eigenvalue weighted by molar-refractivity contribution is -0.132. The zero-order valence-electron chi connectivity index (χ0n) is 20.0. The third-order valence-electron chi connectivity index (χ3n) is 6.25. The highest BCUT2D eigenvalue weighted by atomic mass is 35.5. The van der Waals surface area contributed by atoms with E-state index in [1.54, 1.807) is 25.1 Å². The molecule has 4 rings (SSSR count). The minimum Gasteiger partial charge on any atom is -0.366 e. The molecule has 0 amide bonds. The second-order valence-electron chi connectivity index (χ2n) is 8.67. The molecule has 1 heterocycles. The summed E-state index contributed by atoms with van der Waals surface area (Å²) in [4.78, 5) is 15.9. The smallest absolute Gasteiger partial charge is 0.186 e. The van der Waals surface area contributed by atoms with E-state index >= 15 is 0 Å². The van der Waals surface area contributed by atoms with Gasteiger partial charge in [0.15, 0.2) is 5.78 Å². The van der Waals surface area contributed by atoms with Gasteiger partial charge in [0.1, 0.15) is 18.2 Å². The maximum atomic E-state index is 13.9. The highest BCUT2D eigenvalue weighted by Crippen LogP contribution is 2.27. The Bertz CT molecular complexity index is 1230. The van der Waals surface area contributed by atoms with Crippen molar-refractivity contribution in [3.63, 3.8) is 0 Å². The van der Waals surface area contributed by atoms with E-state index in [0.29, 0.717) is 35.2 Å². The minimum absolute atomic E-state index is 0.0828. The molecule has 1 aliphatic rings. The Balaban J connectivity index is 1.56. The molecule has 1 aliphatic heterocycles. The number of piperazine rings is 1. The summed E-state index contributed by atoms with van der Waals surface area (Å²) in [5, 5.41) is 17.6. The van der Waals surface area contributed by atoms with Crippen molar-refractivity contribution in [2.75, 3.05) is 18.0 Å². The molecule has 8 heteroatoms. The number of halogens is 2. The lowest BCUT2D eigenvalue weighted by Crippen LogP contribution is -2.67. The largest absolute Gasteiger partial charge is 0.366 e. The maximum absolute atomic E-state index is 13.9. The molecule has 0 aromatic heterocycles. The van der Waals surface area contributed by atoms with Crippen LogP contribution in [0.5, 0.6) is 0 Å². The first kappa shape index (κ1) is 26.2. The van der Waals surface area contributed by atoms with Crippen molar-refractivity contribution < 1.29 is 9.53 Å². The summed E-state index contributed by atoms with van der Waals surface area (Å²) >= 11 is 12.1. The zero-order valence-corrected chi connectivity index (χ0v) is 21.5. The summed E-state index contributed by atoms with van der Waals surface area (Å²) in [6.07, 6.45) is -1.03. The van der Waals surface area contributed by atoms with E-state index in [4.69, 9.17) is 27.9 Å². The number of nitriles is 1. The number of hydrogen-bond acceptors (Lipinski definition) is 6. The summed E-state index contributed by atoms with van der Waals surface area (Å²) in [5.74, 6) is -0.0828. The van der Waals surface area contributed by atoms with Crippen molar-refractivity contribution in [1.82, 2.24) is 10.6 Å². The van der Waals surface area contributed by atoms with Gasteiger partial charge in [0.05, 0.1) is 34.1 Å². The van der Waals surface area contributed by atoms with Crippen molar-refractivity contribution in [3.05, 3.63) is 99.5 Å². The molecule has 0 radical (unpaired) electrons. The lowest BCUT2D eigenvalue weighted by Gasteiger charge is -2.43. The number of carbonyl (C=O) groups is 1. The highest BCUT2D eigenvalue weighted by Gasteiger charge is 2.39. The van der Waals surface area contributed by atoms with Gasteiger partial charge < -0.3 is 9.64 Å². The first-order valence-corrected chi connectivity index (χ1v) is 12.6.